The van der Waals surface area contributed by atoms with E-state index < -0.39 is 12.2 Å². The highest BCUT2D eigenvalue weighted by molar-refractivity contribution is 4.91. The molecule has 2 fully saturated rings. The Hall–Kier alpha value is -0.330. The molecule has 0 radical (unpaired) electrons. The molecule has 0 saturated carbocycles. The van der Waals surface area contributed by atoms with E-state index >= 15 is 0 Å². The van der Waals surface area contributed by atoms with Crippen LogP contribution in [0.2, 0.25) is 0 Å². The number of nitrogens with one attached hydrogen (secondary N) is 1. The van der Waals surface area contributed by atoms with E-state index in [-0.39, 0.29) is 12.7 Å². The first-order chi connectivity index (χ1) is 8.91. The maximum Gasteiger partial charge on any atom is 0.405 e. The Morgan fingerprint density at radius 1 is 1.16 bits per heavy atom. The Labute approximate surface area is 113 Å². The Bertz CT molecular complexity index is 293. The van der Waals surface area contributed by atoms with Crippen molar-refractivity contribution in [3.8, 4) is 0 Å². The fourth-order valence-electron chi connectivity index (χ4n) is 3.29. The van der Waals surface area contributed by atoms with Crippen LogP contribution in [0.15, 0.2) is 0 Å². The molecule has 2 rings (SSSR count). The quantitative estimate of drug-likeness (QED) is 0.834. The van der Waals surface area contributed by atoms with Crippen LogP contribution in [0.4, 0.5) is 13.2 Å². The molecule has 0 spiro atoms. The summed E-state index contributed by atoms with van der Waals surface area (Å²) in [6.07, 6.45) is -1.56. The molecule has 2 aliphatic heterocycles. The van der Waals surface area contributed by atoms with E-state index in [0.29, 0.717) is 19.1 Å². The lowest BCUT2D eigenvalue weighted by Gasteiger charge is -2.41. The van der Waals surface area contributed by atoms with Crippen molar-refractivity contribution >= 4 is 0 Å². The third-order valence-corrected chi connectivity index (χ3v) is 4.19. The van der Waals surface area contributed by atoms with Crippen molar-refractivity contribution in [2.24, 2.45) is 0 Å². The highest BCUT2D eigenvalue weighted by atomic mass is 19.4. The highest BCUT2D eigenvalue weighted by Gasteiger charge is 2.47. The minimum atomic E-state index is -4.15. The third kappa shape index (κ3) is 3.41. The largest absolute Gasteiger partial charge is 0.405 e. The molecule has 0 amide bonds. The molecule has 3 nitrogen and oxygen atoms in total. The van der Waals surface area contributed by atoms with Gasteiger partial charge in [0.25, 0.3) is 0 Å². The van der Waals surface area contributed by atoms with Crippen LogP contribution < -0.4 is 5.32 Å². The molecule has 0 bridgehead atoms. The summed E-state index contributed by atoms with van der Waals surface area (Å²) in [5.74, 6) is 0. The van der Waals surface area contributed by atoms with E-state index in [0.717, 1.165) is 25.8 Å². The number of hydrogen-bond donors (Lipinski definition) is 1. The SMILES string of the molecule is CC(C)N1CCCC1N1CCCNCC1C(F)(F)F. The summed E-state index contributed by atoms with van der Waals surface area (Å²) in [6.45, 7) is 6.28. The molecule has 112 valence electrons. The van der Waals surface area contributed by atoms with E-state index in [2.05, 4.69) is 24.1 Å². The fraction of sp³-hybridized carbons (Fsp3) is 1.00. The van der Waals surface area contributed by atoms with Gasteiger partial charge in [-0.15, -0.1) is 0 Å². The van der Waals surface area contributed by atoms with Gasteiger partial charge in [0.2, 0.25) is 0 Å². The molecule has 2 saturated heterocycles. The number of rotatable bonds is 2. The number of hydrogen-bond acceptors (Lipinski definition) is 3. The minimum absolute atomic E-state index is 0.0198. The lowest BCUT2D eigenvalue weighted by molar-refractivity contribution is -0.194. The highest BCUT2D eigenvalue weighted by Crippen LogP contribution is 2.32. The van der Waals surface area contributed by atoms with E-state index in [1.807, 2.05) is 0 Å². The van der Waals surface area contributed by atoms with Crippen molar-refractivity contribution in [2.45, 2.75) is 57.5 Å². The predicted molar refractivity (Wildman–Crippen MR) is 68.9 cm³/mol. The third-order valence-electron chi connectivity index (χ3n) is 4.19. The summed E-state index contributed by atoms with van der Waals surface area (Å²) in [5, 5.41) is 2.92. The lowest BCUT2D eigenvalue weighted by atomic mass is 10.1. The van der Waals surface area contributed by atoms with Gasteiger partial charge in [-0.05, 0) is 39.7 Å². The standard InChI is InChI=1S/C13H24F3N3/c1-10(2)18-7-3-5-12(18)19-8-4-6-17-9-11(19)13(14,15)16/h10-12,17H,3-9H2,1-2H3. The smallest absolute Gasteiger partial charge is 0.315 e. The zero-order chi connectivity index (χ0) is 14.0. The summed E-state index contributed by atoms with van der Waals surface area (Å²) in [4.78, 5) is 3.90. The molecule has 1 N–H and O–H groups in total. The average molecular weight is 279 g/mol. The fourth-order valence-corrected chi connectivity index (χ4v) is 3.29. The average Bonchev–Trinajstić information content (AvgIpc) is 2.65. The van der Waals surface area contributed by atoms with E-state index in [1.54, 1.807) is 4.90 Å². The van der Waals surface area contributed by atoms with Gasteiger partial charge in [0, 0.05) is 25.7 Å². The monoisotopic (exact) mass is 279 g/mol. The summed E-state index contributed by atoms with van der Waals surface area (Å²) in [6, 6.07) is -1.04. The van der Waals surface area contributed by atoms with Crippen LogP contribution >= 0.6 is 0 Å². The molecule has 2 heterocycles. The number of halogens is 3. The van der Waals surface area contributed by atoms with Crippen LogP contribution in [0.3, 0.4) is 0 Å². The van der Waals surface area contributed by atoms with Crippen molar-refractivity contribution in [1.29, 1.82) is 0 Å². The maximum atomic E-state index is 13.3. The second kappa shape index (κ2) is 5.97. The first-order valence-corrected chi connectivity index (χ1v) is 7.20. The van der Waals surface area contributed by atoms with Crippen molar-refractivity contribution in [3.63, 3.8) is 0 Å². The molecule has 0 aromatic heterocycles. The number of likely N-dealkylation sites (tertiary alicyclic amines) is 1. The lowest BCUT2D eigenvalue weighted by Crippen LogP contribution is -2.58. The molecular formula is C13H24F3N3. The molecular weight excluding hydrogens is 255 g/mol. The first-order valence-electron chi connectivity index (χ1n) is 7.20. The molecule has 2 aliphatic rings. The molecule has 0 aliphatic carbocycles. The Kier molecular flexibility index (Phi) is 4.74. The van der Waals surface area contributed by atoms with Crippen molar-refractivity contribution in [2.75, 3.05) is 26.2 Å². The molecule has 2 atom stereocenters. The molecule has 2 unspecified atom stereocenters. The number of alkyl halides is 3. The molecule has 19 heavy (non-hydrogen) atoms. The van der Waals surface area contributed by atoms with Crippen LogP contribution in [-0.4, -0.2) is 60.4 Å². The zero-order valence-electron chi connectivity index (χ0n) is 11.7. The molecule has 6 heteroatoms. The zero-order valence-corrected chi connectivity index (χ0v) is 11.7. The summed E-state index contributed by atoms with van der Waals surface area (Å²) >= 11 is 0. The van der Waals surface area contributed by atoms with Gasteiger partial charge in [0.05, 0.1) is 6.17 Å². The first kappa shape index (κ1) is 15.1. The van der Waals surface area contributed by atoms with Crippen molar-refractivity contribution in [1.82, 2.24) is 15.1 Å². The minimum Gasteiger partial charge on any atom is -0.315 e. The number of nitrogens with zero attached hydrogens (tertiary/aromatic N) is 2. The van der Waals surface area contributed by atoms with E-state index in [4.69, 9.17) is 0 Å². The van der Waals surface area contributed by atoms with Crippen LogP contribution in [0, 0.1) is 0 Å². The van der Waals surface area contributed by atoms with Gasteiger partial charge in [0.15, 0.2) is 0 Å². The molecule has 0 aromatic rings. The van der Waals surface area contributed by atoms with Gasteiger partial charge in [0.1, 0.15) is 6.04 Å². The van der Waals surface area contributed by atoms with Gasteiger partial charge >= 0.3 is 6.18 Å². The van der Waals surface area contributed by atoms with Crippen LogP contribution in [-0.2, 0) is 0 Å². The van der Waals surface area contributed by atoms with E-state index in [1.165, 1.54) is 0 Å². The van der Waals surface area contributed by atoms with Gasteiger partial charge < -0.3 is 5.32 Å². The van der Waals surface area contributed by atoms with Crippen molar-refractivity contribution < 1.29 is 13.2 Å². The summed E-state index contributed by atoms with van der Waals surface area (Å²) in [5.41, 5.74) is 0. The van der Waals surface area contributed by atoms with Crippen LogP contribution in [0.5, 0.6) is 0 Å². The molecule has 0 aromatic carbocycles. The Balaban J connectivity index is 2.17. The van der Waals surface area contributed by atoms with Gasteiger partial charge in [-0.3, -0.25) is 9.80 Å². The normalized spacial score (nSPS) is 31.9. The van der Waals surface area contributed by atoms with E-state index in [9.17, 15) is 13.2 Å². The maximum absolute atomic E-state index is 13.3. The van der Waals surface area contributed by atoms with Crippen LogP contribution in [0.1, 0.15) is 33.1 Å². The Morgan fingerprint density at radius 3 is 2.53 bits per heavy atom. The van der Waals surface area contributed by atoms with Gasteiger partial charge in [-0.1, -0.05) is 0 Å². The van der Waals surface area contributed by atoms with Crippen LogP contribution in [0.25, 0.3) is 0 Å². The summed E-state index contributed by atoms with van der Waals surface area (Å²) in [7, 11) is 0. The predicted octanol–water partition coefficient (Wildman–Crippen LogP) is 2.04. The second-order valence-corrected chi connectivity index (χ2v) is 5.81. The van der Waals surface area contributed by atoms with Gasteiger partial charge in [-0.25, -0.2) is 0 Å². The topological polar surface area (TPSA) is 18.5 Å². The summed E-state index contributed by atoms with van der Waals surface area (Å²) < 4.78 is 39.8. The van der Waals surface area contributed by atoms with Crippen molar-refractivity contribution in [3.05, 3.63) is 0 Å². The Morgan fingerprint density at radius 2 is 1.89 bits per heavy atom. The van der Waals surface area contributed by atoms with Gasteiger partial charge in [-0.2, -0.15) is 13.2 Å². The second-order valence-electron chi connectivity index (χ2n) is 5.81.